The molecule has 1 heterocycles. The third-order valence-electron chi connectivity index (χ3n) is 2.65. The molecule has 0 bridgehead atoms. The maximum Gasteiger partial charge on any atom is 0.317 e. The number of hydrogen-bond donors (Lipinski definition) is 2. The lowest BCUT2D eigenvalue weighted by Gasteiger charge is -2.30. The van der Waals surface area contributed by atoms with E-state index in [4.69, 9.17) is 5.73 Å². The van der Waals surface area contributed by atoms with E-state index in [1.807, 2.05) is 4.90 Å². The number of hydrogen-bond acceptors (Lipinski definition) is 2. The Morgan fingerprint density at radius 1 is 1.38 bits per heavy atom. The molecule has 4 heteroatoms. The third kappa shape index (κ3) is 2.34. The van der Waals surface area contributed by atoms with Crippen molar-refractivity contribution in [1.29, 1.82) is 0 Å². The number of rotatable bonds is 1. The summed E-state index contributed by atoms with van der Waals surface area (Å²) in [4.78, 5) is 13.4. The van der Waals surface area contributed by atoms with E-state index in [0.717, 1.165) is 38.8 Å². The van der Waals surface area contributed by atoms with Gasteiger partial charge >= 0.3 is 6.03 Å². The van der Waals surface area contributed by atoms with E-state index in [1.165, 1.54) is 0 Å². The maximum absolute atomic E-state index is 11.6. The van der Waals surface area contributed by atoms with Crippen LogP contribution in [-0.4, -0.2) is 36.1 Å². The molecule has 2 fully saturated rings. The summed E-state index contributed by atoms with van der Waals surface area (Å²) in [6, 6.07) is 0.710. The summed E-state index contributed by atoms with van der Waals surface area (Å²) < 4.78 is 0. The predicted octanol–water partition coefficient (Wildman–Crippen LogP) is 0.281. The molecule has 0 spiro atoms. The number of urea groups is 1. The molecule has 0 unspecified atom stereocenters. The Bertz CT molecular complexity index is 203. The Labute approximate surface area is 78.5 Å². The molecule has 74 valence electrons. The molecule has 1 aliphatic heterocycles. The summed E-state index contributed by atoms with van der Waals surface area (Å²) in [5.74, 6) is 0. The molecule has 1 saturated carbocycles. The van der Waals surface area contributed by atoms with E-state index in [0.29, 0.717) is 6.04 Å². The van der Waals surface area contributed by atoms with Crippen molar-refractivity contribution in [2.45, 2.75) is 37.8 Å². The number of carbonyl (C=O) groups is 1. The summed E-state index contributed by atoms with van der Waals surface area (Å²) >= 11 is 0. The molecular weight excluding hydrogens is 166 g/mol. The Balaban J connectivity index is 1.80. The quantitative estimate of drug-likeness (QED) is 0.613. The van der Waals surface area contributed by atoms with Gasteiger partial charge in [0.05, 0.1) is 0 Å². The zero-order valence-electron chi connectivity index (χ0n) is 7.83. The van der Waals surface area contributed by atoms with Crippen LogP contribution in [0.1, 0.15) is 25.7 Å². The summed E-state index contributed by atoms with van der Waals surface area (Å²) in [6.07, 6.45) is 4.38. The van der Waals surface area contributed by atoms with Gasteiger partial charge in [0.15, 0.2) is 0 Å². The van der Waals surface area contributed by atoms with Crippen LogP contribution in [0.3, 0.4) is 0 Å². The van der Waals surface area contributed by atoms with Crippen LogP contribution in [0.4, 0.5) is 4.79 Å². The minimum atomic E-state index is 0.0812. The van der Waals surface area contributed by atoms with Crippen molar-refractivity contribution in [3.8, 4) is 0 Å². The van der Waals surface area contributed by atoms with Crippen molar-refractivity contribution in [2.24, 2.45) is 5.73 Å². The van der Waals surface area contributed by atoms with Crippen LogP contribution in [0, 0.1) is 0 Å². The zero-order chi connectivity index (χ0) is 9.26. The van der Waals surface area contributed by atoms with Crippen LogP contribution >= 0.6 is 0 Å². The second-order valence-corrected chi connectivity index (χ2v) is 4.07. The van der Waals surface area contributed by atoms with Crippen LogP contribution < -0.4 is 11.1 Å². The highest BCUT2D eigenvalue weighted by atomic mass is 16.2. The second kappa shape index (κ2) is 3.54. The Kier molecular flexibility index (Phi) is 2.40. The lowest BCUT2D eigenvalue weighted by Crippen LogP contribution is -2.49. The third-order valence-corrected chi connectivity index (χ3v) is 2.65. The summed E-state index contributed by atoms with van der Waals surface area (Å²) in [5.41, 5.74) is 5.79. The standard InChI is InChI=1S/C9H17N3O/c10-7-2-1-5-12(6-7)9(13)11-8-3-4-8/h7-8H,1-6,10H2,(H,11,13)/t7-/m1/s1. The number of nitrogens with zero attached hydrogens (tertiary/aromatic N) is 1. The molecule has 0 aromatic heterocycles. The van der Waals surface area contributed by atoms with E-state index in [9.17, 15) is 4.79 Å². The molecule has 13 heavy (non-hydrogen) atoms. The van der Waals surface area contributed by atoms with Gasteiger partial charge in [0.1, 0.15) is 0 Å². The highest BCUT2D eigenvalue weighted by Gasteiger charge is 2.27. The van der Waals surface area contributed by atoms with Gasteiger partial charge in [-0.25, -0.2) is 4.79 Å². The van der Waals surface area contributed by atoms with Gasteiger partial charge in [-0.1, -0.05) is 0 Å². The van der Waals surface area contributed by atoms with Gasteiger partial charge in [-0.3, -0.25) is 0 Å². The number of piperidine rings is 1. The van der Waals surface area contributed by atoms with Gasteiger partial charge in [0, 0.05) is 25.2 Å². The molecule has 2 amide bonds. The van der Waals surface area contributed by atoms with Crippen LogP contribution in [0.15, 0.2) is 0 Å². The molecule has 4 nitrogen and oxygen atoms in total. The van der Waals surface area contributed by atoms with Gasteiger partial charge in [-0.15, -0.1) is 0 Å². The Hall–Kier alpha value is -0.770. The van der Waals surface area contributed by atoms with E-state index in [2.05, 4.69) is 5.32 Å². The largest absolute Gasteiger partial charge is 0.335 e. The van der Waals surface area contributed by atoms with Gasteiger partial charge in [0.2, 0.25) is 0 Å². The molecular formula is C9H17N3O. The van der Waals surface area contributed by atoms with Crippen LogP contribution in [0.5, 0.6) is 0 Å². The van der Waals surface area contributed by atoms with Crippen LogP contribution in [-0.2, 0) is 0 Å². The van der Waals surface area contributed by atoms with Crippen molar-refractivity contribution < 1.29 is 4.79 Å². The van der Waals surface area contributed by atoms with Crippen molar-refractivity contribution >= 4 is 6.03 Å². The first-order valence-electron chi connectivity index (χ1n) is 5.07. The van der Waals surface area contributed by atoms with Gasteiger partial charge in [-0.2, -0.15) is 0 Å². The average Bonchev–Trinajstić information content (AvgIpc) is 2.88. The average molecular weight is 183 g/mol. The molecule has 2 rings (SSSR count). The maximum atomic E-state index is 11.6. The molecule has 2 aliphatic rings. The molecule has 0 radical (unpaired) electrons. The van der Waals surface area contributed by atoms with Crippen molar-refractivity contribution in [1.82, 2.24) is 10.2 Å². The molecule has 3 N–H and O–H groups in total. The lowest BCUT2D eigenvalue weighted by atomic mass is 10.1. The fourth-order valence-electron chi connectivity index (χ4n) is 1.69. The van der Waals surface area contributed by atoms with E-state index < -0.39 is 0 Å². The van der Waals surface area contributed by atoms with Crippen molar-refractivity contribution in [3.63, 3.8) is 0 Å². The van der Waals surface area contributed by atoms with Gasteiger partial charge in [0.25, 0.3) is 0 Å². The first-order valence-corrected chi connectivity index (χ1v) is 5.07. The minimum Gasteiger partial charge on any atom is -0.335 e. The first-order chi connectivity index (χ1) is 6.25. The van der Waals surface area contributed by atoms with Gasteiger partial charge < -0.3 is 16.0 Å². The normalized spacial score (nSPS) is 28.7. The molecule has 0 aromatic carbocycles. The molecule has 1 aliphatic carbocycles. The monoisotopic (exact) mass is 183 g/mol. The predicted molar refractivity (Wildman–Crippen MR) is 50.3 cm³/mol. The number of nitrogens with two attached hydrogens (primary N) is 1. The Morgan fingerprint density at radius 2 is 2.15 bits per heavy atom. The van der Waals surface area contributed by atoms with E-state index in [-0.39, 0.29) is 12.1 Å². The topological polar surface area (TPSA) is 58.4 Å². The minimum absolute atomic E-state index is 0.0812. The number of amides is 2. The smallest absolute Gasteiger partial charge is 0.317 e. The SMILES string of the molecule is N[C@@H]1CCCN(C(=O)NC2CC2)C1. The fraction of sp³-hybridized carbons (Fsp3) is 0.889. The van der Waals surface area contributed by atoms with E-state index >= 15 is 0 Å². The molecule has 1 saturated heterocycles. The van der Waals surface area contributed by atoms with E-state index in [1.54, 1.807) is 0 Å². The number of carbonyl (C=O) groups excluding carboxylic acids is 1. The van der Waals surface area contributed by atoms with Gasteiger partial charge in [-0.05, 0) is 25.7 Å². The van der Waals surface area contributed by atoms with Crippen molar-refractivity contribution in [3.05, 3.63) is 0 Å². The summed E-state index contributed by atoms with van der Waals surface area (Å²) in [6.45, 7) is 1.59. The summed E-state index contributed by atoms with van der Waals surface area (Å²) in [5, 5.41) is 2.98. The summed E-state index contributed by atoms with van der Waals surface area (Å²) in [7, 11) is 0. The fourth-order valence-corrected chi connectivity index (χ4v) is 1.69. The second-order valence-electron chi connectivity index (χ2n) is 4.07. The Morgan fingerprint density at radius 3 is 2.77 bits per heavy atom. The number of likely N-dealkylation sites (tertiary alicyclic amines) is 1. The first kappa shape index (κ1) is 8.81. The number of nitrogens with one attached hydrogen (secondary N) is 1. The zero-order valence-corrected chi connectivity index (χ0v) is 7.83. The highest BCUT2D eigenvalue weighted by molar-refractivity contribution is 5.75. The van der Waals surface area contributed by atoms with Crippen LogP contribution in [0.25, 0.3) is 0 Å². The molecule has 0 aromatic rings. The lowest BCUT2D eigenvalue weighted by molar-refractivity contribution is 0.179. The molecule has 1 atom stereocenters. The van der Waals surface area contributed by atoms with Crippen LogP contribution in [0.2, 0.25) is 0 Å². The highest BCUT2D eigenvalue weighted by Crippen LogP contribution is 2.19. The van der Waals surface area contributed by atoms with Crippen molar-refractivity contribution in [2.75, 3.05) is 13.1 Å².